The van der Waals surface area contributed by atoms with Gasteiger partial charge in [0, 0.05) is 0 Å². The molecule has 2 N–H and O–H groups in total. The Morgan fingerprint density at radius 3 is 2.42 bits per heavy atom. The Morgan fingerprint density at radius 1 is 1.37 bits per heavy atom. The maximum Gasteiger partial charge on any atom is 0.137 e. The highest BCUT2D eigenvalue weighted by Crippen LogP contribution is 2.31. The number of nitrogens with two attached hydrogens (primary N) is 1. The van der Waals surface area contributed by atoms with Crippen molar-refractivity contribution >= 4 is 21.7 Å². The van der Waals surface area contributed by atoms with Crippen molar-refractivity contribution in [2.45, 2.75) is 26.3 Å². The Hall–Kier alpha value is -1.49. The number of aryl methyl sites for hydroxylation is 1. The summed E-state index contributed by atoms with van der Waals surface area (Å²) in [6.45, 7) is 4.07. The van der Waals surface area contributed by atoms with Crippen LogP contribution in [0.1, 0.15) is 30.6 Å². The number of aromatic nitrogens is 2. The molecule has 0 spiro atoms. The standard InChI is InChI=1S/C14H18BrN3O/c1-4-12(10-5-7-11(19-3)8-6-10)18-14(16)13(15)9(2)17-18/h5-8,12H,4,16H2,1-3H3. The monoisotopic (exact) mass is 323 g/mol. The summed E-state index contributed by atoms with van der Waals surface area (Å²) in [7, 11) is 1.66. The van der Waals surface area contributed by atoms with E-state index in [1.54, 1.807) is 7.11 Å². The van der Waals surface area contributed by atoms with Crippen molar-refractivity contribution in [2.24, 2.45) is 0 Å². The van der Waals surface area contributed by atoms with E-state index in [0.29, 0.717) is 5.82 Å². The van der Waals surface area contributed by atoms with E-state index in [1.165, 1.54) is 5.56 Å². The second-order valence-electron chi connectivity index (χ2n) is 4.43. The summed E-state index contributed by atoms with van der Waals surface area (Å²) in [4.78, 5) is 0. The number of methoxy groups -OCH3 is 1. The molecule has 1 aromatic heterocycles. The van der Waals surface area contributed by atoms with Crippen molar-refractivity contribution in [1.29, 1.82) is 0 Å². The van der Waals surface area contributed by atoms with E-state index < -0.39 is 0 Å². The summed E-state index contributed by atoms with van der Waals surface area (Å²) in [5, 5.41) is 4.51. The predicted octanol–water partition coefficient (Wildman–Crippen LogP) is 3.54. The fourth-order valence-electron chi connectivity index (χ4n) is 2.16. The van der Waals surface area contributed by atoms with Gasteiger partial charge >= 0.3 is 0 Å². The van der Waals surface area contributed by atoms with Gasteiger partial charge in [-0.1, -0.05) is 19.1 Å². The third-order valence-electron chi connectivity index (χ3n) is 3.23. The molecule has 1 unspecified atom stereocenters. The first-order valence-corrected chi connectivity index (χ1v) is 7.01. The Bertz CT molecular complexity index is 563. The van der Waals surface area contributed by atoms with Gasteiger partial charge in [-0.15, -0.1) is 0 Å². The zero-order valence-electron chi connectivity index (χ0n) is 11.4. The van der Waals surface area contributed by atoms with Crippen molar-refractivity contribution in [3.05, 3.63) is 40.0 Å². The summed E-state index contributed by atoms with van der Waals surface area (Å²) >= 11 is 3.46. The number of anilines is 1. The fourth-order valence-corrected chi connectivity index (χ4v) is 2.42. The maximum absolute atomic E-state index is 6.10. The molecule has 1 atom stereocenters. The van der Waals surface area contributed by atoms with Gasteiger partial charge in [0.25, 0.3) is 0 Å². The Kier molecular flexibility index (Phi) is 4.14. The molecule has 19 heavy (non-hydrogen) atoms. The Morgan fingerprint density at radius 2 is 2.00 bits per heavy atom. The molecule has 0 aliphatic carbocycles. The van der Waals surface area contributed by atoms with E-state index in [1.807, 2.05) is 23.7 Å². The van der Waals surface area contributed by atoms with Crippen LogP contribution in [-0.2, 0) is 0 Å². The largest absolute Gasteiger partial charge is 0.497 e. The van der Waals surface area contributed by atoms with E-state index in [9.17, 15) is 0 Å². The third-order valence-corrected chi connectivity index (χ3v) is 4.21. The van der Waals surface area contributed by atoms with E-state index >= 15 is 0 Å². The molecule has 0 fully saturated rings. The number of halogens is 1. The lowest BCUT2D eigenvalue weighted by atomic mass is 10.0. The van der Waals surface area contributed by atoms with Crippen LogP contribution < -0.4 is 10.5 Å². The van der Waals surface area contributed by atoms with Crippen molar-refractivity contribution in [1.82, 2.24) is 9.78 Å². The minimum absolute atomic E-state index is 0.135. The SMILES string of the molecule is CCC(c1ccc(OC)cc1)n1nc(C)c(Br)c1N. The molecule has 0 saturated heterocycles. The number of nitrogen functional groups attached to an aromatic ring is 1. The summed E-state index contributed by atoms with van der Waals surface area (Å²) in [5.74, 6) is 1.52. The van der Waals surface area contributed by atoms with Gasteiger partial charge in [-0.05, 0) is 47.0 Å². The first kappa shape index (κ1) is 13.9. The molecule has 5 heteroatoms. The van der Waals surface area contributed by atoms with Crippen molar-refractivity contribution < 1.29 is 4.74 Å². The van der Waals surface area contributed by atoms with Crippen LogP contribution in [0.4, 0.5) is 5.82 Å². The predicted molar refractivity (Wildman–Crippen MR) is 80.5 cm³/mol. The van der Waals surface area contributed by atoms with Crippen molar-refractivity contribution in [2.75, 3.05) is 12.8 Å². The smallest absolute Gasteiger partial charge is 0.137 e. The molecule has 0 aliphatic heterocycles. The first-order valence-electron chi connectivity index (χ1n) is 6.22. The number of hydrogen-bond donors (Lipinski definition) is 1. The minimum Gasteiger partial charge on any atom is -0.497 e. The van der Waals surface area contributed by atoms with Crippen molar-refractivity contribution in [3.8, 4) is 5.75 Å². The number of nitrogens with zero attached hydrogens (tertiary/aromatic N) is 2. The number of ether oxygens (including phenoxy) is 1. The molecule has 102 valence electrons. The van der Waals surface area contributed by atoms with Crippen LogP contribution in [0.5, 0.6) is 5.75 Å². The lowest BCUT2D eigenvalue weighted by Crippen LogP contribution is -2.14. The Labute approximate surface area is 121 Å². The normalized spacial score (nSPS) is 12.4. The van der Waals surface area contributed by atoms with Gasteiger partial charge in [0.2, 0.25) is 0 Å². The second kappa shape index (κ2) is 5.65. The van der Waals surface area contributed by atoms with Crippen LogP contribution in [-0.4, -0.2) is 16.9 Å². The molecule has 0 aliphatic rings. The summed E-state index contributed by atoms with van der Waals surface area (Å²) in [6, 6.07) is 8.16. The van der Waals surface area contributed by atoms with E-state index in [2.05, 4.69) is 40.1 Å². The van der Waals surface area contributed by atoms with Gasteiger partial charge in [-0.25, -0.2) is 4.68 Å². The number of rotatable bonds is 4. The molecular weight excluding hydrogens is 306 g/mol. The van der Waals surface area contributed by atoms with Crippen LogP contribution in [0.15, 0.2) is 28.7 Å². The topological polar surface area (TPSA) is 53.1 Å². The maximum atomic E-state index is 6.10. The second-order valence-corrected chi connectivity index (χ2v) is 5.22. The zero-order valence-corrected chi connectivity index (χ0v) is 12.9. The molecule has 4 nitrogen and oxygen atoms in total. The summed E-state index contributed by atoms with van der Waals surface area (Å²) in [5.41, 5.74) is 8.18. The number of hydrogen-bond acceptors (Lipinski definition) is 3. The highest BCUT2D eigenvalue weighted by atomic mass is 79.9. The van der Waals surface area contributed by atoms with Crippen LogP contribution in [0.2, 0.25) is 0 Å². The van der Waals surface area contributed by atoms with Gasteiger partial charge in [0.05, 0.1) is 23.3 Å². The minimum atomic E-state index is 0.135. The van der Waals surface area contributed by atoms with Gasteiger partial charge < -0.3 is 10.5 Å². The van der Waals surface area contributed by atoms with Gasteiger partial charge in [-0.2, -0.15) is 5.10 Å². The van der Waals surface area contributed by atoms with Crippen LogP contribution in [0.3, 0.4) is 0 Å². The quantitative estimate of drug-likeness (QED) is 0.936. The molecule has 2 rings (SSSR count). The van der Waals surface area contributed by atoms with Gasteiger partial charge in [0.15, 0.2) is 0 Å². The van der Waals surface area contributed by atoms with Crippen LogP contribution in [0.25, 0.3) is 0 Å². The van der Waals surface area contributed by atoms with E-state index in [0.717, 1.165) is 22.3 Å². The van der Waals surface area contributed by atoms with Crippen molar-refractivity contribution in [3.63, 3.8) is 0 Å². The van der Waals surface area contributed by atoms with Gasteiger partial charge in [0.1, 0.15) is 11.6 Å². The van der Waals surface area contributed by atoms with E-state index in [-0.39, 0.29) is 6.04 Å². The molecular formula is C14H18BrN3O. The molecule has 0 amide bonds. The first-order chi connectivity index (χ1) is 9.08. The molecule has 1 aromatic carbocycles. The third kappa shape index (κ3) is 2.61. The number of benzene rings is 1. The molecule has 0 bridgehead atoms. The van der Waals surface area contributed by atoms with Gasteiger partial charge in [-0.3, -0.25) is 0 Å². The summed E-state index contributed by atoms with van der Waals surface area (Å²) in [6.07, 6.45) is 0.921. The Balaban J connectivity index is 2.40. The zero-order chi connectivity index (χ0) is 14.0. The fraction of sp³-hybridized carbons (Fsp3) is 0.357. The highest BCUT2D eigenvalue weighted by Gasteiger charge is 2.18. The lowest BCUT2D eigenvalue weighted by Gasteiger charge is -2.18. The molecule has 2 aromatic rings. The van der Waals surface area contributed by atoms with Crippen LogP contribution >= 0.6 is 15.9 Å². The molecule has 1 heterocycles. The average molecular weight is 324 g/mol. The van der Waals surface area contributed by atoms with E-state index in [4.69, 9.17) is 10.5 Å². The summed E-state index contributed by atoms with van der Waals surface area (Å²) < 4.78 is 7.93. The van der Waals surface area contributed by atoms with Crippen LogP contribution in [0, 0.1) is 6.92 Å². The molecule has 0 saturated carbocycles. The lowest BCUT2D eigenvalue weighted by molar-refractivity contribution is 0.414. The average Bonchev–Trinajstić information content (AvgIpc) is 2.68. The molecule has 0 radical (unpaired) electrons. The highest BCUT2D eigenvalue weighted by molar-refractivity contribution is 9.10.